The van der Waals surface area contributed by atoms with Crippen molar-refractivity contribution >= 4 is 10.0 Å². The highest BCUT2D eigenvalue weighted by atomic mass is 32.2. The van der Waals surface area contributed by atoms with Gasteiger partial charge in [0.15, 0.2) is 0 Å². The molecule has 0 aromatic heterocycles. The SMILES string of the molecule is CCC(C)c1ccc(OCC(C)CS(N)(=O)=O)cc1. The molecule has 0 fully saturated rings. The monoisotopic (exact) mass is 285 g/mol. The van der Waals surface area contributed by atoms with Crippen LogP contribution in [0.25, 0.3) is 0 Å². The van der Waals surface area contributed by atoms with E-state index in [1.807, 2.05) is 24.3 Å². The van der Waals surface area contributed by atoms with Crippen molar-refractivity contribution in [1.82, 2.24) is 0 Å². The fourth-order valence-electron chi connectivity index (χ4n) is 1.81. The Morgan fingerprint density at radius 1 is 1.21 bits per heavy atom. The van der Waals surface area contributed by atoms with Gasteiger partial charge in [-0.05, 0) is 30.0 Å². The summed E-state index contributed by atoms with van der Waals surface area (Å²) in [6.45, 7) is 6.49. The number of nitrogens with two attached hydrogens (primary N) is 1. The van der Waals surface area contributed by atoms with E-state index in [0.717, 1.165) is 12.2 Å². The average molecular weight is 285 g/mol. The van der Waals surface area contributed by atoms with Crippen molar-refractivity contribution < 1.29 is 13.2 Å². The minimum Gasteiger partial charge on any atom is -0.493 e. The summed E-state index contributed by atoms with van der Waals surface area (Å²) >= 11 is 0. The maximum Gasteiger partial charge on any atom is 0.209 e. The average Bonchev–Trinajstić information content (AvgIpc) is 2.34. The first-order valence-electron chi connectivity index (χ1n) is 6.55. The van der Waals surface area contributed by atoms with Crippen molar-refractivity contribution in [2.45, 2.75) is 33.1 Å². The lowest BCUT2D eigenvalue weighted by Gasteiger charge is -2.13. The van der Waals surface area contributed by atoms with Gasteiger partial charge in [0.05, 0.1) is 12.4 Å². The number of hydrogen-bond acceptors (Lipinski definition) is 3. The molecule has 0 bridgehead atoms. The fourth-order valence-corrected chi connectivity index (χ4v) is 2.70. The van der Waals surface area contributed by atoms with Crippen LogP contribution in [0.5, 0.6) is 5.75 Å². The number of primary sulfonamides is 1. The van der Waals surface area contributed by atoms with Crippen molar-refractivity contribution in [3.63, 3.8) is 0 Å². The molecule has 1 rings (SSSR count). The Bertz CT molecular complexity index is 482. The van der Waals surface area contributed by atoms with Crippen molar-refractivity contribution in [2.75, 3.05) is 12.4 Å². The number of sulfonamides is 1. The highest BCUT2D eigenvalue weighted by Crippen LogP contribution is 2.21. The smallest absolute Gasteiger partial charge is 0.209 e. The first-order valence-corrected chi connectivity index (χ1v) is 8.26. The Balaban J connectivity index is 2.50. The van der Waals surface area contributed by atoms with Gasteiger partial charge in [0.25, 0.3) is 0 Å². The molecule has 0 heterocycles. The summed E-state index contributed by atoms with van der Waals surface area (Å²) in [5.41, 5.74) is 1.28. The molecule has 0 radical (unpaired) electrons. The molecule has 0 aliphatic heterocycles. The molecule has 4 nitrogen and oxygen atoms in total. The van der Waals surface area contributed by atoms with E-state index in [9.17, 15) is 8.42 Å². The zero-order valence-electron chi connectivity index (χ0n) is 11.8. The summed E-state index contributed by atoms with van der Waals surface area (Å²) in [6.07, 6.45) is 1.10. The number of rotatable bonds is 7. The fraction of sp³-hybridized carbons (Fsp3) is 0.571. The number of ether oxygens (including phenoxy) is 1. The third-order valence-electron chi connectivity index (χ3n) is 3.11. The van der Waals surface area contributed by atoms with Crippen LogP contribution in [-0.4, -0.2) is 20.8 Å². The van der Waals surface area contributed by atoms with Crippen LogP contribution >= 0.6 is 0 Å². The van der Waals surface area contributed by atoms with Crippen LogP contribution in [0.3, 0.4) is 0 Å². The Morgan fingerprint density at radius 2 is 1.79 bits per heavy atom. The van der Waals surface area contributed by atoms with E-state index in [-0.39, 0.29) is 11.7 Å². The second-order valence-corrected chi connectivity index (χ2v) is 6.78. The lowest BCUT2D eigenvalue weighted by molar-refractivity contribution is 0.272. The molecule has 0 saturated carbocycles. The van der Waals surface area contributed by atoms with E-state index in [1.54, 1.807) is 6.92 Å². The first kappa shape index (κ1) is 16.0. The molecule has 2 N–H and O–H groups in total. The summed E-state index contributed by atoms with van der Waals surface area (Å²) < 4.78 is 27.4. The van der Waals surface area contributed by atoms with Crippen molar-refractivity contribution in [1.29, 1.82) is 0 Å². The third kappa shape index (κ3) is 6.07. The molecule has 1 aromatic carbocycles. The quantitative estimate of drug-likeness (QED) is 0.837. The molecule has 5 heteroatoms. The van der Waals surface area contributed by atoms with Gasteiger partial charge < -0.3 is 4.74 Å². The van der Waals surface area contributed by atoms with E-state index in [4.69, 9.17) is 9.88 Å². The molecule has 108 valence electrons. The van der Waals surface area contributed by atoms with E-state index in [2.05, 4.69) is 13.8 Å². The van der Waals surface area contributed by atoms with Crippen molar-refractivity contribution in [3.8, 4) is 5.75 Å². The largest absolute Gasteiger partial charge is 0.493 e. The maximum atomic E-state index is 10.9. The van der Waals surface area contributed by atoms with Gasteiger partial charge in [-0.15, -0.1) is 0 Å². The van der Waals surface area contributed by atoms with Crippen molar-refractivity contribution in [3.05, 3.63) is 29.8 Å². The third-order valence-corrected chi connectivity index (χ3v) is 4.15. The van der Waals surface area contributed by atoms with Crippen LogP contribution < -0.4 is 9.88 Å². The normalized spacial score (nSPS) is 14.9. The Kier molecular flexibility index (Phi) is 5.82. The molecular weight excluding hydrogens is 262 g/mol. The van der Waals surface area contributed by atoms with Crippen LogP contribution in [0.15, 0.2) is 24.3 Å². The summed E-state index contributed by atoms with van der Waals surface area (Å²) in [6, 6.07) is 7.94. The molecule has 0 amide bonds. The van der Waals surface area contributed by atoms with Crippen LogP contribution in [0.4, 0.5) is 0 Å². The summed E-state index contributed by atoms with van der Waals surface area (Å²) in [5, 5.41) is 4.99. The minimum atomic E-state index is -3.43. The van der Waals surface area contributed by atoms with E-state index in [0.29, 0.717) is 12.5 Å². The second kappa shape index (κ2) is 6.91. The minimum absolute atomic E-state index is 0.0576. The Labute approximate surface area is 116 Å². The Hall–Kier alpha value is -1.07. The van der Waals surface area contributed by atoms with Crippen molar-refractivity contribution in [2.24, 2.45) is 11.1 Å². The predicted molar refractivity (Wildman–Crippen MR) is 77.8 cm³/mol. The molecule has 2 atom stereocenters. The molecule has 1 aromatic rings. The maximum absolute atomic E-state index is 10.9. The highest BCUT2D eigenvalue weighted by Gasteiger charge is 2.11. The van der Waals surface area contributed by atoms with Crippen LogP contribution in [0.1, 0.15) is 38.7 Å². The van der Waals surface area contributed by atoms with E-state index < -0.39 is 10.0 Å². The van der Waals surface area contributed by atoms with E-state index in [1.165, 1.54) is 5.56 Å². The molecule has 0 saturated heterocycles. The number of benzene rings is 1. The number of hydrogen-bond donors (Lipinski definition) is 1. The van der Waals surface area contributed by atoms with E-state index >= 15 is 0 Å². The van der Waals surface area contributed by atoms with Gasteiger partial charge in [-0.25, -0.2) is 13.6 Å². The van der Waals surface area contributed by atoms with Gasteiger partial charge in [0.1, 0.15) is 5.75 Å². The van der Waals surface area contributed by atoms with Gasteiger partial charge in [0.2, 0.25) is 10.0 Å². The topological polar surface area (TPSA) is 69.4 Å². The standard InChI is InChI=1S/C14H23NO3S/c1-4-12(3)13-5-7-14(8-6-13)18-9-11(2)10-19(15,16)17/h5-8,11-12H,4,9-10H2,1-3H3,(H2,15,16,17). The molecule has 0 aliphatic rings. The Morgan fingerprint density at radius 3 is 2.26 bits per heavy atom. The van der Waals surface area contributed by atoms with Gasteiger partial charge in [-0.1, -0.05) is 32.9 Å². The summed E-state index contributed by atoms with van der Waals surface area (Å²) in [7, 11) is -3.43. The summed E-state index contributed by atoms with van der Waals surface area (Å²) in [5.74, 6) is 1.12. The second-order valence-electron chi connectivity index (χ2n) is 5.12. The first-order chi connectivity index (χ1) is 8.81. The molecule has 0 aliphatic carbocycles. The van der Waals surface area contributed by atoms with Gasteiger partial charge in [-0.2, -0.15) is 0 Å². The predicted octanol–water partition coefficient (Wildman–Crippen LogP) is 2.50. The molecule has 19 heavy (non-hydrogen) atoms. The van der Waals surface area contributed by atoms with Crippen LogP contribution in [0.2, 0.25) is 0 Å². The van der Waals surface area contributed by atoms with Gasteiger partial charge in [0, 0.05) is 5.92 Å². The molecule has 0 spiro atoms. The van der Waals surface area contributed by atoms with Gasteiger partial charge >= 0.3 is 0 Å². The summed E-state index contributed by atoms with van der Waals surface area (Å²) in [4.78, 5) is 0. The van der Waals surface area contributed by atoms with Crippen LogP contribution in [0, 0.1) is 5.92 Å². The lowest BCUT2D eigenvalue weighted by Crippen LogP contribution is -2.25. The zero-order valence-corrected chi connectivity index (χ0v) is 12.6. The van der Waals surface area contributed by atoms with Gasteiger partial charge in [-0.3, -0.25) is 0 Å². The van der Waals surface area contributed by atoms with Crippen LogP contribution in [-0.2, 0) is 10.0 Å². The molecule has 2 unspecified atom stereocenters. The lowest BCUT2D eigenvalue weighted by atomic mass is 9.99. The zero-order chi connectivity index (χ0) is 14.5. The molecular formula is C14H23NO3S. The highest BCUT2D eigenvalue weighted by molar-refractivity contribution is 7.89.